The number of nitrogens with zero attached hydrogens (tertiary/aromatic N) is 1. The van der Waals surface area contributed by atoms with Crippen LogP contribution in [0.3, 0.4) is 0 Å². The number of methoxy groups -OCH3 is 1. The maximum Gasteiger partial charge on any atom is 0.317 e. The summed E-state index contributed by atoms with van der Waals surface area (Å²) in [5.74, 6) is -0.934. The Bertz CT molecular complexity index is 297. The van der Waals surface area contributed by atoms with Crippen molar-refractivity contribution in [2.24, 2.45) is 0 Å². The topological polar surface area (TPSA) is 78.9 Å². The Labute approximate surface area is 121 Å². The van der Waals surface area contributed by atoms with E-state index in [0.29, 0.717) is 6.54 Å². The predicted octanol–water partition coefficient (Wildman–Crippen LogP) is 2.09. The first-order chi connectivity index (χ1) is 9.46. The molecule has 118 valence electrons. The van der Waals surface area contributed by atoms with Crippen LogP contribution in [0.15, 0.2) is 0 Å². The second kappa shape index (κ2) is 10.5. The quantitative estimate of drug-likeness (QED) is 0.645. The van der Waals surface area contributed by atoms with Crippen LogP contribution in [0.5, 0.6) is 0 Å². The molecule has 2 atom stereocenters. The summed E-state index contributed by atoms with van der Waals surface area (Å²) >= 11 is 0. The summed E-state index contributed by atoms with van der Waals surface area (Å²) in [5.41, 5.74) is 0. The molecule has 6 nitrogen and oxygen atoms in total. The molecule has 0 aliphatic carbocycles. The van der Waals surface area contributed by atoms with E-state index < -0.39 is 12.1 Å². The molecule has 0 aliphatic heterocycles. The number of amides is 2. The number of carboxylic acids is 1. The summed E-state index contributed by atoms with van der Waals surface area (Å²) in [4.78, 5) is 24.6. The fraction of sp³-hybridized carbons (Fsp3) is 0.857. The van der Waals surface area contributed by atoms with Gasteiger partial charge in [0, 0.05) is 26.2 Å². The van der Waals surface area contributed by atoms with Gasteiger partial charge in [-0.05, 0) is 19.8 Å². The molecule has 0 aromatic heterocycles. The van der Waals surface area contributed by atoms with Crippen LogP contribution in [0.4, 0.5) is 4.79 Å². The van der Waals surface area contributed by atoms with Crippen LogP contribution in [-0.2, 0) is 9.53 Å². The first-order valence-electron chi connectivity index (χ1n) is 7.25. The van der Waals surface area contributed by atoms with Gasteiger partial charge in [-0.15, -0.1) is 0 Å². The molecule has 0 aromatic carbocycles. The van der Waals surface area contributed by atoms with Gasteiger partial charge >= 0.3 is 12.0 Å². The third-order valence-electron chi connectivity index (χ3n) is 3.35. The summed E-state index contributed by atoms with van der Waals surface area (Å²) in [6.45, 7) is 7.06. The number of carbonyl (C=O) groups excluding carboxylic acids is 1. The highest BCUT2D eigenvalue weighted by Crippen LogP contribution is 2.06. The second-order valence-corrected chi connectivity index (χ2v) is 4.95. The second-order valence-electron chi connectivity index (χ2n) is 4.95. The Morgan fingerprint density at radius 3 is 2.45 bits per heavy atom. The van der Waals surface area contributed by atoms with Gasteiger partial charge in [0.15, 0.2) is 0 Å². The smallest absolute Gasteiger partial charge is 0.317 e. The number of rotatable bonds is 10. The number of ether oxygens (including phenoxy) is 1. The molecule has 0 fully saturated rings. The zero-order chi connectivity index (χ0) is 15.5. The van der Waals surface area contributed by atoms with Crippen molar-refractivity contribution in [3.63, 3.8) is 0 Å². The highest BCUT2D eigenvalue weighted by Gasteiger charge is 2.20. The predicted molar refractivity (Wildman–Crippen MR) is 77.8 cm³/mol. The average molecular weight is 288 g/mol. The lowest BCUT2D eigenvalue weighted by atomic mass is 10.2. The molecule has 0 spiro atoms. The van der Waals surface area contributed by atoms with E-state index in [9.17, 15) is 9.59 Å². The summed E-state index contributed by atoms with van der Waals surface area (Å²) in [7, 11) is 1.45. The van der Waals surface area contributed by atoms with Crippen molar-refractivity contribution in [2.75, 3.05) is 20.2 Å². The zero-order valence-corrected chi connectivity index (χ0v) is 13.0. The summed E-state index contributed by atoms with van der Waals surface area (Å²) < 4.78 is 5.05. The average Bonchev–Trinajstić information content (AvgIpc) is 2.42. The number of hydrogen-bond donors (Lipinski definition) is 2. The van der Waals surface area contributed by atoms with Crippen molar-refractivity contribution in [3.8, 4) is 0 Å². The molecule has 2 unspecified atom stereocenters. The monoisotopic (exact) mass is 288 g/mol. The SMILES string of the molecule is CCCCN(C(=O)NCC(CC(=O)O)OC)C(C)CC. The first kappa shape index (κ1) is 18.7. The van der Waals surface area contributed by atoms with Gasteiger partial charge < -0.3 is 20.1 Å². The van der Waals surface area contributed by atoms with Crippen molar-refractivity contribution in [1.82, 2.24) is 10.2 Å². The fourth-order valence-corrected chi connectivity index (χ4v) is 1.81. The van der Waals surface area contributed by atoms with Gasteiger partial charge in [0.2, 0.25) is 0 Å². The standard InChI is InChI=1S/C14H28N2O4/c1-5-7-8-16(11(3)6-2)14(19)15-10-12(20-4)9-13(17)18/h11-12H,5-10H2,1-4H3,(H,15,19)(H,17,18). The van der Waals surface area contributed by atoms with Crippen molar-refractivity contribution >= 4 is 12.0 Å². The van der Waals surface area contributed by atoms with Crippen molar-refractivity contribution < 1.29 is 19.4 Å². The Morgan fingerprint density at radius 1 is 1.35 bits per heavy atom. The van der Waals surface area contributed by atoms with E-state index in [-0.39, 0.29) is 25.0 Å². The van der Waals surface area contributed by atoms with Gasteiger partial charge in [-0.2, -0.15) is 0 Å². The molecule has 0 radical (unpaired) electrons. The highest BCUT2D eigenvalue weighted by atomic mass is 16.5. The molecule has 20 heavy (non-hydrogen) atoms. The molecule has 0 rings (SSSR count). The van der Waals surface area contributed by atoms with Crippen molar-refractivity contribution in [2.45, 2.75) is 58.6 Å². The van der Waals surface area contributed by atoms with Gasteiger partial charge in [0.25, 0.3) is 0 Å². The minimum absolute atomic E-state index is 0.116. The maximum atomic E-state index is 12.2. The molecule has 0 bridgehead atoms. The van der Waals surface area contributed by atoms with Crippen LogP contribution in [0.2, 0.25) is 0 Å². The number of unbranched alkanes of at least 4 members (excludes halogenated alkanes) is 1. The highest BCUT2D eigenvalue weighted by molar-refractivity contribution is 5.74. The van der Waals surface area contributed by atoms with Crippen LogP contribution in [0.25, 0.3) is 0 Å². The normalized spacial score (nSPS) is 13.6. The lowest BCUT2D eigenvalue weighted by molar-refractivity contribution is -0.139. The molecule has 6 heteroatoms. The van der Waals surface area contributed by atoms with Gasteiger partial charge in [-0.25, -0.2) is 4.79 Å². The van der Waals surface area contributed by atoms with Crippen molar-refractivity contribution in [3.05, 3.63) is 0 Å². The third kappa shape index (κ3) is 7.33. The van der Waals surface area contributed by atoms with Crippen LogP contribution in [0.1, 0.15) is 46.5 Å². The fourth-order valence-electron chi connectivity index (χ4n) is 1.81. The van der Waals surface area contributed by atoms with Crippen LogP contribution in [0, 0.1) is 0 Å². The molecule has 2 N–H and O–H groups in total. The van der Waals surface area contributed by atoms with Gasteiger partial charge in [-0.1, -0.05) is 20.3 Å². The lowest BCUT2D eigenvalue weighted by Gasteiger charge is -2.29. The molecule has 0 aliphatic rings. The summed E-state index contributed by atoms with van der Waals surface area (Å²) in [5, 5.41) is 11.5. The van der Waals surface area contributed by atoms with Gasteiger partial charge in [0.05, 0.1) is 12.5 Å². The number of aliphatic carboxylic acids is 1. The number of nitrogens with one attached hydrogen (secondary N) is 1. The third-order valence-corrected chi connectivity index (χ3v) is 3.35. The van der Waals surface area contributed by atoms with E-state index in [1.54, 1.807) is 4.90 Å². The van der Waals surface area contributed by atoms with E-state index in [0.717, 1.165) is 19.3 Å². The maximum absolute atomic E-state index is 12.2. The Balaban J connectivity index is 4.39. The number of urea groups is 1. The van der Waals surface area contributed by atoms with E-state index in [1.165, 1.54) is 7.11 Å². The van der Waals surface area contributed by atoms with Crippen LogP contribution in [-0.4, -0.2) is 54.4 Å². The Hall–Kier alpha value is -1.30. The van der Waals surface area contributed by atoms with E-state index >= 15 is 0 Å². The van der Waals surface area contributed by atoms with E-state index in [2.05, 4.69) is 12.2 Å². The van der Waals surface area contributed by atoms with Gasteiger partial charge in [0.1, 0.15) is 0 Å². The molecule has 2 amide bonds. The van der Waals surface area contributed by atoms with E-state index in [1.807, 2.05) is 13.8 Å². The summed E-state index contributed by atoms with van der Waals surface area (Å²) in [6, 6.07) is 0.0160. The molecular weight excluding hydrogens is 260 g/mol. The number of hydrogen-bond acceptors (Lipinski definition) is 3. The Morgan fingerprint density at radius 2 is 2.00 bits per heavy atom. The minimum atomic E-state index is -0.934. The molecular formula is C14H28N2O4. The van der Waals surface area contributed by atoms with Crippen molar-refractivity contribution in [1.29, 1.82) is 0 Å². The zero-order valence-electron chi connectivity index (χ0n) is 13.0. The largest absolute Gasteiger partial charge is 0.481 e. The molecule has 0 saturated carbocycles. The summed E-state index contributed by atoms with van der Waals surface area (Å²) in [6.07, 6.45) is 2.26. The van der Waals surface area contributed by atoms with Crippen LogP contribution >= 0.6 is 0 Å². The lowest BCUT2D eigenvalue weighted by Crippen LogP contribution is -2.47. The number of carboxylic acid groups (broad SMARTS) is 1. The molecule has 0 heterocycles. The minimum Gasteiger partial charge on any atom is -0.481 e. The number of carbonyl (C=O) groups is 2. The molecule has 0 aromatic rings. The first-order valence-corrected chi connectivity index (χ1v) is 7.25. The van der Waals surface area contributed by atoms with Gasteiger partial charge in [-0.3, -0.25) is 4.79 Å². The Kier molecular flexibility index (Phi) is 9.80. The van der Waals surface area contributed by atoms with Crippen LogP contribution < -0.4 is 5.32 Å². The molecule has 0 saturated heterocycles. The van der Waals surface area contributed by atoms with E-state index in [4.69, 9.17) is 9.84 Å².